The van der Waals surface area contributed by atoms with Gasteiger partial charge in [0.1, 0.15) is 11.5 Å². The molecule has 0 unspecified atom stereocenters. The van der Waals surface area contributed by atoms with Gasteiger partial charge in [-0.15, -0.1) is 10.2 Å². The summed E-state index contributed by atoms with van der Waals surface area (Å²) < 4.78 is 12.9. The second-order valence-electron chi connectivity index (χ2n) is 6.16. The molecule has 3 aromatic rings. The molecule has 1 aromatic heterocycles. The molecule has 0 bridgehead atoms. The number of ether oxygens (including phenoxy) is 2. The first-order valence-corrected chi connectivity index (χ1v) is 10.3. The highest BCUT2D eigenvalue weighted by Gasteiger charge is 2.13. The Hall–Kier alpha value is -3.00. The lowest BCUT2D eigenvalue weighted by atomic mass is 10.2. The van der Waals surface area contributed by atoms with Crippen LogP contribution in [-0.4, -0.2) is 45.3 Å². The number of nitrogens with zero attached hydrogens (tertiary/aromatic N) is 3. The van der Waals surface area contributed by atoms with Gasteiger partial charge in [0.25, 0.3) is 0 Å². The third kappa shape index (κ3) is 5.29. The number of aromatic nitrogens is 3. The molecule has 2 aromatic carbocycles. The van der Waals surface area contributed by atoms with Gasteiger partial charge in [0.2, 0.25) is 0 Å². The van der Waals surface area contributed by atoms with E-state index in [-0.39, 0.29) is 5.56 Å². The molecule has 0 atom stereocenters. The van der Waals surface area contributed by atoms with E-state index in [0.29, 0.717) is 12.4 Å². The van der Waals surface area contributed by atoms with Crippen molar-refractivity contribution in [3.8, 4) is 22.9 Å². The Labute approximate surface area is 173 Å². The minimum atomic E-state index is -0.961. The molecule has 8 heteroatoms. The van der Waals surface area contributed by atoms with Crippen molar-refractivity contribution < 1.29 is 19.4 Å². The number of carboxylic acid groups (broad SMARTS) is 1. The molecule has 0 aliphatic carbocycles. The number of hydrogen-bond acceptors (Lipinski definition) is 6. The highest BCUT2D eigenvalue weighted by atomic mass is 32.2. The molecule has 3 rings (SSSR count). The second kappa shape index (κ2) is 9.97. The summed E-state index contributed by atoms with van der Waals surface area (Å²) in [5, 5.41) is 18.6. The van der Waals surface area contributed by atoms with Crippen molar-refractivity contribution in [1.82, 2.24) is 14.8 Å². The van der Waals surface area contributed by atoms with Gasteiger partial charge in [0, 0.05) is 17.9 Å². The van der Waals surface area contributed by atoms with Crippen LogP contribution in [0.4, 0.5) is 0 Å². The van der Waals surface area contributed by atoms with Crippen molar-refractivity contribution in [2.45, 2.75) is 25.0 Å². The van der Waals surface area contributed by atoms with Crippen LogP contribution in [0.2, 0.25) is 0 Å². The predicted octanol–water partition coefficient (Wildman–Crippen LogP) is 4.23. The van der Waals surface area contributed by atoms with Gasteiger partial charge in [0.15, 0.2) is 11.0 Å². The van der Waals surface area contributed by atoms with Crippen molar-refractivity contribution in [2.75, 3.05) is 19.5 Å². The number of rotatable bonds is 10. The summed E-state index contributed by atoms with van der Waals surface area (Å²) in [6.07, 6.45) is 0.802. The number of thioether (sulfide) groups is 1. The van der Waals surface area contributed by atoms with Gasteiger partial charge < -0.3 is 19.1 Å². The number of benzene rings is 2. The number of aromatic carboxylic acids is 1. The molecular weight excluding hydrogens is 390 g/mol. The molecule has 1 heterocycles. The molecule has 1 N–H and O–H groups in total. The Morgan fingerprint density at radius 2 is 1.93 bits per heavy atom. The lowest BCUT2D eigenvalue weighted by Crippen LogP contribution is -2.03. The van der Waals surface area contributed by atoms with Gasteiger partial charge in [-0.05, 0) is 55.8 Å². The third-order valence-corrected chi connectivity index (χ3v) is 5.30. The fourth-order valence-electron chi connectivity index (χ4n) is 2.77. The van der Waals surface area contributed by atoms with E-state index in [0.717, 1.165) is 41.0 Å². The van der Waals surface area contributed by atoms with E-state index in [2.05, 4.69) is 21.7 Å². The Balaban J connectivity index is 1.54. The molecule has 152 valence electrons. The van der Waals surface area contributed by atoms with Crippen LogP contribution in [0.1, 0.15) is 23.7 Å². The Morgan fingerprint density at radius 1 is 1.14 bits per heavy atom. The van der Waals surface area contributed by atoms with Crippen molar-refractivity contribution in [3.63, 3.8) is 0 Å². The first-order valence-electron chi connectivity index (χ1n) is 9.29. The topological polar surface area (TPSA) is 86.5 Å². The fourth-order valence-corrected chi connectivity index (χ4v) is 3.68. The summed E-state index contributed by atoms with van der Waals surface area (Å²) in [5.74, 6) is 2.06. The van der Waals surface area contributed by atoms with Gasteiger partial charge in [0.05, 0.1) is 19.3 Å². The first-order chi connectivity index (χ1) is 14.1. The van der Waals surface area contributed by atoms with Gasteiger partial charge in [-0.3, -0.25) is 0 Å². The van der Waals surface area contributed by atoms with Crippen LogP contribution in [-0.2, 0) is 6.54 Å². The molecule has 0 radical (unpaired) electrons. The molecule has 0 aliphatic heterocycles. The highest BCUT2D eigenvalue weighted by Crippen LogP contribution is 2.26. The van der Waals surface area contributed by atoms with Crippen molar-refractivity contribution in [2.24, 2.45) is 0 Å². The number of methoxy groups -OCH3 is 1. The molecule has 7 nitrogen and oxygen atoms in total. The summed E-state index contributed by atoms with van der Waals surface area (Å²) in [6.45, 7) is 3.34. The smallest absolute Gasteiger partial charge is 0.335 e. The SMILES string of the molecule is CCn1c(SCCCOc2cccc(C(=O)O)c2)nnc1-c1ccc(OC)cc1. The van der Waals surface area contributed by atoms with Crippen LogP contribution in [0.5, 0.6) is 11.5 Å². The summed E-state index contributed by atoms with van der Waals surface area (Å²) >= 11 is 1.63. The molecule has 0 saturated heterocycles. The third-order valence-electron chi connectivity index (χ3n) is 4.25. The molecule has 0 amide bonds. The monoisotopic (exact) mass is 413 g/mol. The van der Waals surface area contributed by atoms with Gasteiger partial charge in [-0.25, -0.2) is 4.79 Å². The second-order valence-corrected chi connectivity index (χ2v) is 7.22. The zero-order valence-corrected chi connectivity index (χ0v) is 17.2. The Morgan fingerprint density at radius 3 is 2.62 bits per heavy atom. The summed E-state index contributed by atoms with van der Waals surface area (Å²) in [6, 6.07) is 14.3. The average Bonchev–Trinajstić information content (AvgIpc) is 3.16. The largest absolute Gasteiger partial charge is 0.497 e. The average molecular weight is 413 g/mol. The standard InChI is InChI=1S/C21H23N3O4S/c1-3-24-19(15-8-10-17(27-2)11-9-15)22-23-21(24)29-13-5-12-28-18-7-4-6-16(14-18)20(25)26/h4,6-11,14H,3,5,12-13H2,1-2H3,(H,25,26). The Bertz CT molecular complexity index is 957. The normalized spacial score (nSPS) is 10.7. The fraction of sp³-hybridized carbons (Fsp3) is 0.286. The first kappa shape index (κ1) is 20.7. The minimum absolute atomic E-state index is 0.221. The number of carboxylic acids is 1. The summed E-state index contributed by atoms with van der Waals surface area (Å²) in [4.78, 5) is 11.0. The summed E-state index contributed by atoms with van der Waals surface area (Å²) in [5.41, 5.74) is 1.22. The quantitative estimate of drug-likeness (QED) is 0.393. The van der Waals surface area contributed by atoms with Crippen LogP contribution in [0.15, 0.2) is 53.7 Å². The van der Waals surface area contributed by atoms with Gasteiger partial charge >= 0.3 is 5.97 Å². The van der Waals surface area contributed by atoms with E-state index < -0.39 is 5.97 Å². The van der Waals surface area contributed by atoms with Crippen LogP contribution in [0.25, 0.3) is 11.4 Å². The highest BCUT2D eigenvalue weighted by molar-refractivity contribution is 7.99. The molecule has 0 fully saturated rings. The maximum absolute atomic E-state index is 11.0. The van der Waals surface area contributed by atoms with Crippen LogP contribution >= 0.6 is 11.8 Å². The molecule has 0 saturated carbocycles. The lowest BCUT2D eigenvalue weighted by Gasteiger charge is -2.09. The molecule has 29 heavy (non-hydrogen) atoms. The summed E-state index contributed by atoms with van der Waals surface area (Å²) in [7, 11) is 1.64. The zero-order chi connectivity index (χ0) is 20.6. The van der Waals surface area contributed by atoms with E-state index in [4.69, 9.17) is 14.6 Å². The molecule has 0 spiro atoms. The maximum atomic E-state index is 11.0. The molecule has 0 aliphatic rings. The van der Waals surface area contributed by atoms with Gasteiger partial charge in [-0.2, -0.15) is 0 Å². The van der Waals surface area contributed by atoms with Crippen molar-refractivity contribution in [1.29, 1.82) is 0 Å². The van der Waals surface area contributed by atoms with E-state index in [1.165, 1.54) is 6.07 Å². The van der Waals surface area contributed by atoms with Crippen LogP contribution < -0.4 is 9.47 Å². The van der Waals surface area contributed by atoms with Crippen LogP contribution in [0.3, 0.4) is 0 Å². The van der Waals surface area contributed by atoms with E-state index in [1.54, 1.807) is 37.1 Å². The molecular formula is C21H23N3O4S. The van der Waals surface area contributed by atoms with Gasteiger partial charge in [-0.1, -0.05) is 17.8 Å². The van der Waals surface area contributed by atoms with Crippen molar-refractivity contribution >= 4 is 17.7 Å². The minimum Gasteiger partial charge on any atom is -0.497 e. The number of hydrogen-bond donors (Lipinski definition) is 1. The van der Waals surface area contributed by atoms with Crippen molar-refractivity contribution in [3.05, 3.63) is 54.1 Å². The predicted molar refractivity (Wildman–Crippen MR) is 112 cm³/mol. The zero-order valence-electron chi connectivity index (χ0n) is 16.4. The Kier molecular flexibility index (Phi) is 7.13. The number of carbonyl (C=O) groups is 1. The van der Waals surface area contributed by atoms with Crippen LogP contribution in [0, 0.1) is 0 Å². The lowest BCUT2D eigenvalue weighted by molar-refractivity contribution is 0.0696. The van der Waals surface area contributed by atoms with E-state index >= 15 is 0 Å². The maximum Gasteiger partial charge on any atom is 0.335 e. The van der Waals surface area contributed by atoms with E-state index in [1.807, 2.05) is 24.3 Å². The van der Waals surface area contributed by atoms with E-state index in [9.17, 15) is 4.79 Å².